The predicted octanol–water partition coefficient (Wildman–Crippen LogP) is 9.35. The van der Waals surface area contributed by atoms with E-state index in [9.17, 15) is 44.7 Å². The monoisotopic (exact) mass is 1160 g/mol. The number of aliphatic hydroxyl groups is 1. The number of hydrogen-bond acceptors (Lipinski definition) is 14. The number of amides is 2. The molecule has 426 valence electrons. The van der Waals surface area contributed by atoms with Gasteiger partial charge in [-0.1, -0.05) is 61.4 Å². The Balaban J connectivity index is 0.992. The molecule has 0 saturated carbocycles. The number of ether oxygens (including phenoxy) is 1. The fraction of sp³-hybridized carbons (Fsp3) is 0.500. The lowest BCUT2D eigenvalue weighted by Crippen LogP contribution is -2.52. The van der Waals surface area contributed by atoms with E-state index in [1.165, 1.54) is 40.6 Å². The summed E-state index contributed by atoms with van der Waals surface area (Å²) in [5, 5.41) is 13.2. The number of nitrogens with one attached hydrogen (secondary N) is 2. The van der Waals surface area contributed by atoms with Crippen LogP contribution in [0.1, 0.15) is 76.2 Å². The Kier molecular flexibility index (Phi) is 20.4. The Labute approximate surface area is 467 Å². The van der Waals surface area contributed by atoms with Crippen LogP contribution in [0.2, 0.25) is 5.02 Å². The van der Waals surface area contributed by atoms with Gasteiger partial charge in [0.15, 0.2) is 0 Å². The van der Waals surface area contributed by atoms with Crippen LogP contribution in [0.3, 0.4) is 0 Å². The molecule has 22 heteroatoms. The molecule has 0 spiro atoms. The maximum atomic E-state index is 14.3. The molecule has 0 aromatic heterocycles. The quantitative estimate of drug-likeness (QED) is 0.0674. The molecule has 2 amide bonds. The zero-order chi connectivity index (χ0) is 56.5. The number of thioether (sulfide) groups is 1. The highest BCUT2D eigenvalue weighted by Gasteiger charge is 2.48. The van der Waals surface area contributed by atoms with Crippen molar-refractivity contribution >= 4 is 72.2 Å². The molecule has 2 atom stereocenters. The second-order valence-corrected chi connectivity index (χ2v) is 26.7. The standard InChI is InChI=1S/C56H73ClF3N7O8S3/c1-6-63(34-35-68)25-23-45(39-76-47-10-8-7-9-11-47)61-50-21-20-48(36-51(50)77(71,72)56(58,59)60)78(73,74)62-52(69)42-14-18-46(19-15-42)66-30-26-64(27-31-66)38-43-37-55(5,24-22-49(43)41-12-16-44(57)17-13-41)40-65-28-32-67(33-29-65)53(70)75-54(2,3)4/h7-21,36,45,61,68H,6,22-35,37-40H2,1-5H3,(H,62,69)/t45-,55?/m1/s1. The Bertz CT molecular complexity index is 2940. The second kappa shape index (κ2) is 26.2. The van der Waals surface area contributed by atoms with Gasteiger partial charge in [-0.2, -0.15) is 13.2 Å². The maximum Gasteiger partial charge on any atom is 0.501 e. The van der Waals surface area contributed by atoms with Gasteiger partial charge in [-0.15, -0.1) is 11.8 Å². The van der Waals surface area contributed by atoms with Gasteiger partial charge in [0.1, 0.15) is 10.5 Å². The van der Waals surface area contributed by atoms with Crippen molar-refractivity contribution in [3.63, 3.8) is 0 Å². The number of rotatable bonds is 21. The molecule has 2 saturated heterocycles. The number of nitrogens with zero attached hydrogens (tertiary/aromatic N) is 5. The first-order valence-electron chi connectivity index (χ1n) is 26.4. The van der Waals surface area contributed by atoms with E-state index in [2.05, 4.69) is 39.1 Å². The van der Waals surface area contributed by atoms with Gasteiger partial charge in [0, 0.05) is 112 Å². The van der Waals surface area contributed by atoms with Crippen LogP contribution in [0, 0.1) is 5.41 Å². The number of aliphatic hydroxyl groups excluding tert-OH is 1. The summed E-state index contributed by atoms with van der Waals surface area (Å²) in [6.07, 6.45) is 2.95. The minimum absolute atomic E-state index is 0.0265. The van der Waals surface area contributed by atoms with Crippen LogP contribution in [0.25, 0.3) is 5.57 Å². The van der Waals surface area contributed by atoms with E-state index in [1.807, 2.05) is 79.8 Å². The van der Waals surface area contributed by atoms with E-state index in [0.29, 0.717) is 69.1 Å². The molecule has 1 aliphatic carbocycles. The average Bonchev–Trinajstić information content (AvgIpc) is 3.50. The Morgan fingerprint density at radius 2 is 1.51 bits per heavy atom. The lowest BCUT2D eigenvalue weighted by molar-refractivity contribution is -0.0436. The molecular formula is C56H73ClF3N7O8S3. The number of sulfone groups is 1. The van der Waals surface area contributed by atoms with Crippen LogP contribution in [0.4, 0.5) is 29.3 Å². The van der Waals surface area contributed by atoms with Gasteiger partial charge in [-0.3, -0.25) is 14.6 Å². The Hall–Kier alpha value is -4.87. The minimum atomic E-state index is -6.10. The second-order valence-electron chi connectivity index (χ2n) is 21.6. The lowest BCUT2D eigenvalue weighted by Gasteiger charge is -2.44. The van der Waals surface area contributed by atoms with Crippen molar-refractivity contribution in [3.05, 3.63) is 119 Å². The van der Waals surface area contributed by atoms with E-state index in [1.54, 1.807) is 17.0 Å². The van der Waals surface area contributed by atoms with Crippen molar-refractivity contribution in [1.82, 2.24) is 24.3 Å². The Morgan fingerprint density at radius 1 is 0.859 bits per heavy atom. The maximum absolute atomic E-state index is 14.3. The first-order valence-corrected chi connectivity index (χ1v) is 30.7. The van der Waals surface area contributed by atoms with Gasteiger partial charge in [0.25, 0.3) is 25.8 Å². The normalized spacial score (nSPS) is 18.8. The highest BCUT2D eigenvalue weighted by atomic mass is 35.5. The molecule has 4 aromatic rings. The number of carbonyl (C=O) groups excluding carboxylic acids is 2. The van der Waals surface area contributed by atoms with Crippen molar-refractivity contribution in [1.29, 1.82) is 0 Å². The lowest BCUT2D eigenvalue weighted by atomic mass is 9.71. The topological polar surface area (TPSA) is 172 Å². The number of alkyl halides is 3. The SMILES string of the molecule is CCN(CCO)CC[C@H](CSc1ccccc1)Nc1ccc(S(=O)(=O)NC(=O)c2ccc(N3CCN(CC4=C(c5ccc(Cl)cc5)CCC(C)(CN5CCN(C(=O)OC(C)(C)C)CC5)C4)CC3)cc2)cc1S(=O)(=O)C(F)(F)F. The number of hydrogen-bond donors (Lipinski definition) is 3. The number of allylic oxidation sites excluding steroid dienone is 1. The molecule has 78 heavy (non-hydrogen) atoms. The first-order chi connectivity index (χ1) is 36.8. The highest BCUT2D eigenvalue weighted by molar-refractivity contribution is 7.99. The summed E-state index contributed by atoms with van der Waals surface area (Å²) in [5.74, 6) is -0.744. The van der Waals surface area contributed by atoms with Crippen molar-refractivity contribution in [2.45, 2.75) is 92.1 Å². The van der Waals surface area contributed by atoms with Crippen LogP contribution in [-0.2, 0) is 24.6 Å². The molecule has 2 fully saturated rings. The highest BCUT2D eigenvalue weighted by Crippen LogP contribution is 2.44. The summed E-state index contributed by atoms with van der Waals surface area (Å²) in [4.78, 5) is 35.8. The average molecular weight is 1160 g/mol. The van der Waals surface area contributed by atoms with Crippen LogP contribution >= 0.6 is 23.4 Å². The number of halogens is 4. The third-order valence-corrected chi connectivity index (χ3v) is 18.7. The third-order valence-electron chi connectivity index (χ3n) is 14.4. The number of likely N-dealkylation sites (N-methyl/N-ethyl adjacent to an activating group) is 1. The van der Waals surface area contributed by atoms with Gasteiger partial charge in [-0.05, 0) is 136 Å². The molecule has 7 rings (SSSR count). The van der Waals surface area contributed by atoms with Crippen molar-refractivity contribution < 1.29 is 49.4 Å². The number of anilines is 2. The number of sulfonamides is 1. The van der Waals surface area contributed by atoms with E-state index in [4.69, 9.17) is 16.3 Å². The van der Waals surface area contributed by atoms with E-state index < -0.39 is 58.4 Å². The Morgan fingerprint density at radius 3 is 2.13 bits per heavy atom. The van der Waals surface area contributed by atoms with Crippen molar-refractivity contribution in [2.75, 3.05) is 108 Å². The molecule has 2 aliphatic heterocycles. The van der Waals surface area contributed by atoms with Crippen LogP contribution in [0.15, 0.2) is 117 Å². The van der Waals surface area contributed by atoms with E-state index in [0.717, 1.165) is 81.2 Å². The predicted molar refractivity (Wildman–Crippen MR) is 302 cm³/mol. The zero-order valence-corrected chi connectivity index (χ0v) is 48.2. The first kappa shape index (κ1) is 60.8. The zero-order valence-electron chi connectivity index (χ0n) is 45.0. The third kappa shape index (κ3) is 16.4. The smallest absolute Gasteiger partial charge is 0.444 e. The summed E-state index contributed by atoms with van der Waals surface area (Å²) in [7, 11) is -11.0. The number of carbonyl (C=O) groups is 2. The molecule has 3 N–H and O–H groups in total. The summed E-state index contributed by atoms with van der Waals surface area (Å²) in [6, 6.07) is 25.4. The molecule has 15 nitrogen and oxygen atoms in total. The van der Waals surface area contributed by atoms with Crippen LogP contribution in [-0.4, -0.2) is 168 Å². The molecule has 3 aliphatic rings. The molecule has 0 radical (unpaired) electrons. The summed E-state index contributed by atoms with van der Waals surface area (Å²) in [6.45, 7) is 18.6. The largest absolute Gasteiger partial charge is 0.501 e. The fourth-order valence-corrected chi connectivity index (χ4v) is 13.4. The summed E-state index contributed by atoms with van der Waals surface area (Å²) in [5.41, 5.74) is -2.05. The van der Waals surface area contributed by atoms with Gasteiger partial charge < -0.3 is 29.9 Å². The van der Waals surface area contributed by atoms with Gasteiger partial charge >= 0.3 is 11.6 Å². The number of benzene rings is 4. The van der Waals surface area contributed by atoms with Crippen molar-refractivity contribution in [3.8, 4) is 0 Å². The van der Waals surface area contributed by atoms with E-state index in [-0.39, 0.29) is 23.7 Å². The molecule has 0 bridgehead atoms. The number of piperazine rings is 2. The molecule has 4 aromatic carbocycles. The van der Waals surface area contributed by atoms with E-state index >= 15 is 0 Å². The molecule has 1 unspecified atom stereocenters. The van der Waals surface area contributed by atoms with Gasteiger partial charge in [0.2, 0.25) is 0 Å². The molecular weight excluding hydrogens is 1090 g/mol. The summed E-state index contributed by atoms with van der Waals surface area (Å²) >= 11 is 7.72. The minimum Gasteiger partial charge on any atom is -0.444 e. The summed E-state index contributed by atoms with van der Waals surface area (Å²) < 4.78 is 104. The van der Waals surface area contributed by atoms with Gasteiger partial charge in [0.05, 0.1) is 17.2 Å². The van der Waals surface area contributed by atoms with Crippen LogP contribution in [0.5, 0.6) is 0 Å². The fourth-order valence-electron chi connectivity index (χ4n) is 10.2. The van der Waals surface area contributed by atoms with Gasteiger partial charge in [-0.25, -0.2) is 26.4 Å². The van der Waals surface area contributed by atoms with Crippen molar-refractivity contribution in [2.24, 2.45) is 5.41 Å². The van der Waals surface area contributed by atoms with Crippen LogP contribution < -0.4 is 14.9 Å². The molecule has 2 heterocycles.